The van der Waals surface area contributed by atoms with Crippen molar-refractivity contribution in [2.45, 2.75) is 47.1 Å². The summed E-state index contributed by atoms with van der Waals surface area (Å²) in [6.07, 6.45) is 3.30. The first-order chi connectivity index (χ1) is 15.7. The molecule has 7 nitrogen and oxygen atoms in total. The van der Waals surface area contributed by atoms with Gasteiger partial charge in [0, 0.05) is 31.7 Å². The number of piperidine rings is 2. The van der Waals surface area contributed by atoms with Gasteiger partial charge in [0.15, 0.2) is 9.84 Å². The fraction of sp³-hybridized carbons (Fsp3) is 0.435. The molecule has 0 bridgehead atoms. The van der Waals surface area contributed by atoms with Crippen LogP contribution in [0.5, 0.6) is 0 Å². The molecule has 33 heavy (non-hydrogen) atoms. The molecule has 2 heterocycles. The van der Waals surface area contributed by atoms with Gasteiger partial charge >= 0.3 is 0 Å². The second-order valence-corrected chi connectivity index (χ2v) is 12.6. The number of rotatable bonds is 5. The number of halogens is 1. The molecule has 2 aliphatic heterocycles. The van der Waals surface area contributed by atoms with E-state index in [1.54, 1.807) is 4.90 Å². The third-order valence-electron chi connectivity index (χ3n) is 6.36. The number of amides is 1. The van der Waals surface area contributed by atoms with E-state index in [9.17, 15) is 26.0 Å². The largest absolute Gasteiger partial charge is 0.339 e. The van der Waals surface area contributed by atoms with Crippen LogP contribution >= 0.6 is 0 Å². The molecule has 0 aliphatic carbocycles. The smallest absolute Gasteiger partial charge is 0.253 e. The Kier molecular flexibility index (Phi) is 6.88. The molecule has 1 amide bonds. The number of hydrogen-bond acceptors (Lipinski definition) is 5. The van der Waals surface area contributed by atoms with E-state index >= 15 is 0 Å². The summed E-state index contributed by atoms with van der Waals surface area (Å²) in [6.45, 7) is 1.58. The van der Waals surface area contributed by atoms with Crippen LogP contribution in [0.1, 0.15) is 42.5 Å². The van der Waals surface area contributed by atoms with Crippen molar-refractivity contribution in [3.05, 3.63) is 59.9 Å². The van der Waals surface area contributed by atoms with Crippen LogP contribution in [0, 0.1) is 5.82 Å². The summed E-state index contributed by atoms with van der Waals surface area (Å²) >= 11 is 0. The fourth-order valence-corrected chi connectivity index (χ4v) is 7.64. The topological polar surface area (TPSA) is 91.8 Å². The normalized spacial score (nSPS) is 18.9. The molecule has 178 valence electrons. The van der Waals surface area contributed by atoms with E-state index < -0.39 is 30.9 Å². The van der Waals surface area contributed by atoms with Crippen LogP contribution in [0.25, 0.3) is 0 Å². The zero-order valence-corrected chi connectivity index (χ0v) is 19.8. The second kappa shape index (κ2) is 9.52. The van der Waals surface area contributed by atoms with E-state index in [1.807, 2.05) is 0 Å². The first-order valence-electron chi connectivity index (χ1n) is 11.1. The lowest BCUT2D eigenvalue weighted by Crippen LogP contribution is -2.42. The number of carbonyl (C=O) groups excluding carboxylic acids is 1. The average Bonchev–Trinajstić information content (AvgIpc) is 2.84. The van der Waals surface area contributed by atoms with Crippen LogP contribution in [-0.4, -0.2) is 63.4 Å². The average molecular weight is 495 g/mol. The van der Waals surface area contributed by atoms with Gasteiger partial charge in [-0.25, -0.2) is 21.2 Å². The Morgan fingerprint density at radius 3 is 1.88 bits per heavy atom. The molecule has 0 spiro atoms. The van der Waals surface area contributed by atoms with Crippen LogP contribution < -0.4 is 0 Å². The summed E-state index contributed by atoms with van der Waals surface area (Å²) in [7, 11) is -7.17. The van der Waals surface area contributed by atoms with Gasteiger partial charge in [-0.3, -0.25) is 4.79 Å². The predicted molar refractivity (Wildman–Crippen MR) is 122 cm³/mol. The minimum absolute atomic E-state index is 0.0826. The Balaban J connectivity index is 1.40. The van der Waals surface area contributed by atoms with Crippen molar-refractivity contribution < 1.29 is 26.0 Å². The lowest BCUT2D eigenvalue weighted by molar-refractivity contribution is 0.0725. The van der Waals surface area contributed by atoms with Crippen LogP contribution in [0.3, 0.4) is 0 Å². The van der Waals surface area contributed by atoms with Gasteiger partial charge in [0.25, 0.3) is 5.91 Å². The molecule has 0 aromatic heterocycles. The highest BCUT2D eigenvalue weighted by Gasteiger charge is 2.33. The molecule has 0 saturated carbocycles. The third kappa shape index (κ3) is 4.97. The van der Waals surface area contributed by atoms with Crippen molar-refractivity contribution in [3.63, 3.8) is 0 Å². The molecule has 10 heteroatoms. The summed E-state index contributed by atoms with van der Waals surface area (Å²) in [5.41, 5.74) is 0.368. The quantitative estimate of drug-likeness (QED) is 0.596. The molecule has 2 aromatic carbocycles. The minimum Gasteiger partial charge on any atom is -0.339 e. The maximum atomic E-state index is 13.1. The van der Waals surface area contributed by atoms with Crippen molar-refractivity contribution in [2.24, 2.45) is 0 Å². The number of sulfone groups is 1. The first kappa shape index (κ1) is 23.8. The molecular formula is C23H27FN2O5S2. The highest BCUT2D eigenvalue weighted by molar-refractivity contribution is 7.92. The van der Waals surface area contributed by atoms with Gasteiger partial charge in [0.05, 0.1) is 15.0 Å². The fourth-order valence-electron chi connectivity index (χ4n) is 4.39. The van der Waals surface area contributed by atoms with Gasteiger partial charge in [-0.15, -0.1) is 0 Å². The van der Waals surface area contributed by atoms with Gasteiger partial charge in [-0.05, 0) is 74.2 Å². The van der Waals surface area contributed by atoms with Crippen LogP contribution in [0.2, 0.25) is 0 Å². The van der Waals surface area contributed by atoms with Crippen molar-refractivity contribution in [1.29, 1.82) is 0 Å². The van der Waals surface area contributed by atoms with Crippen LogP contribution in [-0.2, 0) is 19.9 Å². The van der Waals surface area contributed by atoms with E-state index in [-0.39, 0.29) is 41.6 Å². The number of sulfonamides is 1. The van der Waals surface area contributed by atoms with E-state index in [4.69, 9.17) is 0 Å². The molecule has 4 rings (SSSR count). The van der Waals surface area contributed by atoms with Crippen LogP contribution in [0.4, 0.5) is 4.39 Å². The summed E-state index contributed by atoms with van der Waals surface area (Å²) < 4.78 is 65.8. The molecule has 0 unspecified atom stereocenters. The zero-order chi connectivity index (χ0) is 23.6. The standard InChI is InChI=1S/C23H27FN2O5S2/c24-19-6-10-20(11-7-19)32(28,29)21-12-16-25(17-13-21)23(27)18-4-8-22(9-5-18)33(30,31)26-14-2-1-3-15-26/h4-11,21H,1-3,12-17H2. The maximum Gasteiger partial charge on any atom is 0.253 e. The molecule has 2 aromatic rings. The van der Waals surface area contributed by atoms with E-state index in [1.165, 1.54) is 40.7 Å². The molecular weight excluding hydrogens is 467 g/mol. The number of likely N-dealkylation sites (tertiary alicyclic amines) is 1. The van der Waals surface area contributed by atoms with E-state index in [0.717, 1.165) is 31.4 Å². The second-order valence-electron chi connectivity index (χ2n) is 8.48. The van der Waals surface area contributed by atoms with Gasteiger partial charge in [-0.2, -0.15) is 4.31 Å². The molecule has 0 N–H and O–H groups in total. The number of hydrogen-bond donors (Lipinski definition) is 0. The van der Waals surface area contributed by atoms with Gasteiger partial charge in [0.1, 0.15) is 5.82 Å². The first-order valence-corrected chi connectivity index (χ1v) is 14.1. The maximum absolute atomic E-state index is 13.1. The lowest BCUT2D eigenvalue weighted by atomic mass is 10.1. The number of benzene rings is 2. The number of nitrogens with zero attached hydrogens (tertiary/aromatic N) is 2. The Labute approximate surface area is 194 Å². The molecule has 2 aliphatic rings. The van der Waals surface area contributed by atoms with E-state index in [2.05, 4.69) is 0 Å². The predicted octanol–water partition coefficient (Wildman–Crippen LogP) is 3.08. The molecule has 0 atom stereocenters. The molecule has 2 fully saturated rings. The summed E-state index contributed by atoms with van der Waals surface area (Å²) in [5.74, 6) is -0.751. The molecule has 0 radical (unpaired) electrons. The Morgan fingerprint density at radius 2 is 1.30 bits per heavy atom. The number of carbonyl (C=O) groups is 1. The molecule has 2 saturated heterocycles. The van der Waals surface area contributed by atoms with Crippen LogP contribution in [0.15, 0.2) is 58.3 Å². The van der Waals surface area contributed by atoms with Gasteiger partial charge in [0.2, 0.25) is 10.0 Å². The van der Waals surface area contributed by atoms with Gasteiger partial charge in [-0.1, -0.05) is 6.42 Å². The highest BCUT2D eigenvalue weighted by Crippen LogP contribution is 2.26. The monoisotopic (exact) mass is 494 g/mol. The Bertz CT molecular complexity index is 1200. The summed E-state index contributed by atoms with van der Waals surface area (Å²) in [5, 5.41) is -0.635. The lowest BCUT2D eigenvalue weighted by Gasteiger charge is -2.32. The Morgan fingerprint density at radius 1 is 0.758 bits per heavy atom. The summed E-state index contributed by atoms with van der Waals surface area (Å²) in [6, 6.07) is 10.7. The SMILES string of the molecule is O=C(c1ccc(S(=O)(=O)N2CCCCC2)cc1)N1CCC(S(=O)(=O)c2ccc(F)cc2)CC1. The van der Waals surface area contributed by atoms with Crippen molar-refractivity contribution in [3.8, 4) is 0 Å². The van der Waals surface area contributed by atoms with Crippen molar-refractivity contribution in [1.82, 2.24) is 9.21 Å². The Hall–Kier alpha value is -2.30. The van der Waals surface area contributed by atoms with E-state index in [0.29, 0.717) is 18.7 Å². The third-order valence-corrected chi connectivity index (χ3v) is 10.6. The zero-order valence-electron chi connectivity index (χ0n) is 18.2. The van der Waals surface area contributed by atoms with Crippen molar-refractivity contribution >= 4 is 25.8 Å². The minimum atomic E-state index is -3.60. The summed E-state index contributed by atoms with van der Waals surface area (Å²) in [4.78, 5) is 14.7. The van der Waals surface area contributed by atoms with Gasteiger partial charge < -0.3 is 4.90 Å². The highest BCUT2D eigenvalue weighted by atomic mass is 32.2. The van der Waals surface area contributed by atoms with Crippen molar-refractivity contribution in [2.75, 3.05) is 26.2 Å².